The van der Waals surface area contributed by atoms with Crippen molar-refractivity contribution in [2.24, 2.45) is 0 Å². The van der Waals surface area contributed by atoms with Gasteiger partial charge in [-0.1, -0.05) is 23.2 Å². The van der Waals surface area contributed by atoms with Gasteiger partial charge in [-0.2, -0.15) is 0 Å². The Morgan fingerprint density at radius 2 is 1.67 bits per heavy atom. The summed E-state index contributed by atoms with van der Waals surface area (Å²) >= 11 is 11.8. The molecule has 0 saturated carbocycles. The molecule has 0 atom stereocenters. The van der Waals surface area contributed by atoms with E-state index in [-0.39, 0.29) is 24.8 Å². The maximum Gasteiger partial charge on any atom is 0.226 e. The molecule has 126 valence electrons. The first-order chi connectivity index (χ1) is 11.3. The molecule has 0 aliphatic carbocycles. The molecule has 0 saturated heterocycles. The summed E-state index contributed by atoms with van der Waals surface area (Å²) in [5, 5.41) is 3.50. The van der Waals surface area contributed by atoms with Crippen molar-refractivity contribution in [2.45, 2.75) is 13.3 Å². The number of halogens is 3. The Bertz CT molecular complexity index is 731. The zero-order chi connectivity index (χ0) is 17.7. The summed E-state index contributed by atoms with van der Waals surface area (Å²) in [6.07, 6.45) is 0.0705. The van der Waals surface area contributed by atoms with Gasteiger partial charge in [0, 0.05) is 41.3 Å². The molecule has 4 nitrogen and oxygen atoms in total. The van der Waals surface area contributed by atoms with E-state index in [0.717, 1.165) is 0 Å². The van der Waals surface area contributed by atoms with Crippen LogP contribution in [0.1, 0.15) is 13.3 Å². The summed E-state index contributed by atoms with van der Waals surface area (Å²) in [6.45, 7) is 1.55. The number of rotatable bonds is 5. The molecule has 0 aliphatic heterocycles. The Morgan fingerprint density at radius 3 is 2.21 bits per heavy atom. The van der Waals surface area contributed by atoms with E-state index in [1.54, 1.807) is 18.2 Å². The number of amides is 2. The standard InChI is InChI=1S/C17H15Cl2FN2O2/c1-11(23)22(16-4-2-14(20)3-5-16)7-6-17(24)21-15-9-12(18)8-13(19)10-15/h2-5,8-10H,6-7H2,1H3,(H,21,24). The number of nitrogens with one attached hydrogen (secondary N) is 1. The Hall–Kier alpha value is -2.11. The van der Waals surface area contributed by atoms with E-state index in [0.29, 0.717) is 21.4 Å². The molecule has 2 aromatic rings. The Kier molecular flexibility index (Phi) is 6.17. The van der Waals surface area contributed by atoms with Crippen LogP contribution < -0.4 is 10.2 Å². The van der Waals surface area contributed by atoms with E-state index in [2.05, 4.69) is 5.32 Å². The second kappa shape index (κ2) is 8.13. The molecule has 24 heavy (non-hydrogen) atoms. The van der Waals surface area contributed by atoms with Crippen molar-refractivity contribution in [3.8, 4) is 0 Å². The molecule has 7 heteroatoms. The molecule has 0 heterocycles. The number of hydrogen-bond donors (Lipinski definition) is 1. The molecular formula is C17H15Cl2FN2O2. The molecule has 0 spiro atoms. The lowest BCUT2D eigenvalue weighted by Crippen LogP contribution is -2.31. The second-order valence-corrected chi connectivity index (χ2v) is 5.98. The number of anilines is 2. The number of benzene rings is 2. The van der Waals surface area contributed by atoms with Crippen LogP contribution in [0.15, 0.2) is 42.5 Å². The van der Waals surface area contributed by atoms with Crippen LogP contribution in [0.5, 0.6) is 0 Å². The van der Waals surface area contributed by atoms with Crippen LogP contribution in [-0.4, -0.2) is 18.4 Å². The normalized spacial score (nSPS) is 10.3. The van der Waals surface area contributed by atoms with Gasteiger partial charge in [0.2, 0.25) is 11.8 Å². The molecule has 0 fully saturated rings. The van der Waals surface area contributed by atoms with E-state index < -0.39 is 5.82 Å². The van der Waals surface area contributed by atoms with Gasteiger partial charge in [0.1, 0.15) is 5.82 Å². The molecule has 0 radical (unpaired) electrons. The maximum absolute atomic E-state index is 13.0. The molecule has 0 aliphatic rings. The van der Waals surface area contributed by atoms with E-state index in [9.17, 15) is 14.0 Å². The highest BCUT2D eigenvalue weighted by Crippen LogP contribution is 2.22. The summed E-state index contributed by atoms with van der Waals surface area (Å²) in [6, 6.07) is 10.2. The Morgan fingerprint density at radius 1 is 1.08 bits per heavy atom. The number of carbonyl (C=O) groups excluding carboxylic acids is 2. The first-order valence-corrected chi connectivity index (χ1v) is 7.90. The first kappa shape index (κ1) is 18.2. The third kappa shape index (κ3) is 5.22. The van der Waals surface area contributed by atoms with E-state index in [4.69, 9.17) is 23.2 Å². The predicted octanol–water partition coefficient (Wildman–Crippen LogP) is 4.51. The second-order valence-electron chi connectivity index (χ2n) is 5.10. The molecular weight excluding hydrogens is 354 g/mol. The van der Waals surface area contributed by atoms with Crippen molar-refractivity contribution in [1.29, 1.82) is 0 Å². The highest BCUT2D eigenvalue weighted by molar-refractivity contribution is 6.35. The lowest BCUT2D eigenvalue weighted by atomic mass is 10.2. The van der Waals surface area contributed by atoms with Crippen molar-refractivity contribution in [3.63, 3.8) is 0 Å². The maximum atomic E-state index is 13.0. The lowest BCUT2D eigenvalue weighted by Gasteiger charge is -2.21. The highest BCUT2D eigenvalue weighted by Gasteiger charge is 2.14. The summed E-state index contributed by atoms with van der Waals surface area (Å²) < 4.78 is 13.0. The van der Waals surface area contributed by atoms with E-state index in [1.807, 2.05) is 0 Å². The smallest absolute Gasteiger partial charge is 0.226 e. The van der Waals surface area contributed by atoms with Gasteiger partial charge >= 0.3 is 0 Å². The minimum absolute atomic E-state index is 0.0705. The average molecular weight is 369 g/mol. The Balaban J connectivity index is 2.00. The molecule has 2 amide bonds. The van der Waals surface area contributed by atoms with Gasteiger partial charge in [-0.25, -0.2) is 4.39 Å². The molecule has 2 rings (SSSR count). The van der Waals surface area contributed by atoms with Gasteiger partial charge in [0.15, 0.2) is 0 Å². The van der Waals surface area contributed by atoms with Gasteiger partial charge < -0.3 is 10.2 Å². The van der Waals surface area contributed by atoms with Crippen molar-refractivity contribution in [2.75, 3.05) is 16.8 Å². The van der Waals surface area contributed by atoms with Crippen LogP contribution in [0.25, 0.3) is 0 Å². The SMILES string of the molecule is CC(=O)N(CCC(=O)Nc1cc(Cl)cc(Cl)c1)c1ccc(F)cc1. The molecule has 2 aromatic carbocycles. The topological polar surface area (TPSA) is 49.4 Å². The van der Waals surface area contributed by atoms with Crippen LogP contribution in [0.2, 0.25) is 10.0 Å². The summed E-state index contributed by atoms with van der Waals surface area (Å²) in [5.41, 5.74) is 1.01. The third-order valence-corrected chi connectivity index (χ3v) is 3.66. The number of nitrogens with zero attached hydrogens (tertiary/aromatic N) is 1. The van der Waals surface area contributed by atoms with Gasteiger partial charge in [-0.3, -0.25) is 9.59 Å². The quantitative estimate of drug-likeness (QED) is 0.843. The summed E-state index contributed by atoms with van der Waals surface area (Å²) in [7, 11) is 0. The summed E-state index contributed by atoms with van der Waals surface area (Å²) in [5.74, 6) is -0.917. The van der Waals surface area contributed by atoms with Gasteiger partial charge in [-0.15, -0.1) is 0 Å². The van der Waals surface area contributed by atoms with E-state index in [1.165, 1.54) is 36.1 Å². The van der Waals surface area contributed by atoms with Crippen LogP contribution >= 0.6 is 23.2 Å². The van der Waals surface area contributed by atoms with Crippen molar-refractivity contribution < 1.29 is 14.0 Å². The van der Waals surface area contributed by atoms with Crippen LogP contribution in [0, 0.1) is 5.82 Å². The fourth-order valence-corrected chi connectivity index (χ4v) is 2.68. The highest BCUT2D eigenvalue weighted by atomic mass is 35.5. The average Bonchev–Trinajstić information content (AvgIpc) is 2.47. The molecule has 0 bridgehead atoms. The lowest BCUT2D eigenvalue weighted by molar-refractivity contribution is -0.117. The molecule has 0 unspecified atom stereocenters. The van der Waals surface area contributed by atoms with E-state index >= 15 is 0 Å². The monoisotopic (exact) mass is 368 g/mol. The fraction of sp³-hybridized carbons (Fsp3) is 0.176. The number of carbonyl (C=O) groups is 2. The van der Waals surface area contributed by atoms with Crippen LogP contribution in [0.4, 0.5) is 15.8 Å². The van der Waals surface area contributed by atoms with Crippen molar-refractivity contribution in [1.82, 2.24) is 0 Å². The predicted molar refractivity (Wildman–Crippen MR) is 94.1 cm³/mol. The van der Waals surface area contributed by atoms with Gasteiger partial charge in [0.25, 0.3) is 0 Å². The fourth-order valence-electron chi connectivity index (χ4n) is 2.15. The molecule has 1 N–H and O–H groups in total. The third-order valence-electron chi connectivity index (χ3n) is 3.23. The minimum atomic E-state index is -0.391. The van der Waals surface area contributed by atoms with Gasteiger partial charge in [0.05, 0.1) is 0 Å². The van der Waals surface area contributed by atoms with Crippen LogP contribution in [-0.2, 0) is 9.59 Å². The molecule has 0 aromatic heterocycles. The first-order valence-electron chi connectivity index (χ1n) is 7.15. The minimum Gasteiger partial charge on any atom is -0.326 e. The van der Waals surface area contributed by atoms with Crippen LogP contribution in [0.3, 0.4) is 0 Å². The van der Waals surface area contributed by atoms with Crippen molar-refractivity contribution >= 4 is 46.4 Å². The number of hydrogen-bond acceptors (Lipinski definition) is 2. The van der Waals surface area contributed by atoms with Crippen molar-refractivity contribution in [3.05, 3.63) is 58.3 Å². The zero-order valence-corrected chi connectivity index (χ0v) is 14.4. The van der Waals surface area contributed by atoms with Gasteiger partial charge in [-0.05, 0) is 42.5 Å². The zero-order valence-electron chi connectivity index (χ0n) is 12.9. The largest absolute Gasteiger partial charge is 0.326 e. The summed E-state index contributed by atoms with van der Waals surface area (Å²) in [4.78, 5) is 25.2. The Labute approximate surface area is 149 Å².